The number of anilines is 2. The van der Waals surface area contributed by atoms with Gasteiger partial charge in [-0.1, -0.05) is 65.7 Å². The molecule has 3 aromatic rings. The number of halogens is 1. The molecule has 4 rings (SSSR count). The van der Waals surface area contributed by atoms with E-state index in [0.717, 1.165) is 11.1 Å². The van der Waals surface area contributed by atoms with Crippen molar-refractivity contribution >= 4 is 34.8 Å². The summed E-state index contributed by atoms with van der Waals surface area (Å²) in [6.07, 6.45) is 0. The quantitative estimate of drug-likeness (QED) is 0.665. The van der Waals surface area contributed by atoms with Crippen LogP contribution >= 0.6 is 11.6 Å². The van der Waals surface area contributed by atoms with E-state index in [1.54, 1.807) is 48.5 Å². The summed E-state index contributed by atoms with van der Waals surface area (Å²) >= 11 is 6.20. The van der Waals surface area contributed by atoms with Crippen LogP contribution in [0.1, 0.15) is 22.3 Å². The zero-order valence-corrected chi connectivity index (χ0v) is 17.4. The third-order valence-electron chi connectivity index (χ3n) is 5.31. The van der Waals surface area contributed by atoms with E-state index >= 15 is 0 Å². The van der Waals surface area contributed by atoms with Gasteiger partial charge < -0.3 is 10.4 Å². The van der Waals surface area contributed by atoms with Gasteiger partial charge in [0.1, 0.15) is 6.54 Å². The number of fused-ring (bicyclic) bond motifs is 1. The molecule has 5 nitrogen and oxygen atoms in total. The van der Waals surface area contributed by atoms with Gasteiger partial charge in [-0.2, -0.15) is 0 Å². The molecule has 30 heavy (non-hydrogen) atoms. The highest BCUT2D eigenvalue weighted by molar-refractivity contribution is 6.33. The monoisotopic (exact) mass is 420 g/mol. The highest BCUT2D eigenvalue weighted by atomic mass is 35.5. The van der Waals surface area contributed by atoms with Gasteiger partial charge in [-0.25, -0.2) is 0 Å². The molecule has 0 spiro atoms. The fourth-order valence-electron chi connectivity index (χ4n) is 3.72. The Bertz CT molecular complexity index is 1140. The second-order valence-corrected chi connectivity index (χ2v) is 7.92. The van der Waals surface area contributed by atoms with Gasteiger partial charge in [0.25, 0.3) is 5.91 Å². The Kier molecular flexibility index (Phi) is 5.10. The van der Waals surface area contributed by atoms with E-state index in [0.29, 0.717) is 27.5 Å². The molecule has 0 bridgehead atoms. The van der Waals surface area contributed by atoms with Gasteiger partial charge in [0.05, 0.1) is 16.4 Å². The second kappa shape index (κ2) is 7.59. The summed E-state index contributed by atoms with van der Waals surface area (Å²) in [5.41, 5.74) is 2.07. The standard InChI is InChI=1S/C24H21ClN2O3/c1-15-7-10-17(11-8-15)24(30)18-5-3-4-6-21(18)27(23(24)29)14-22(28)26-20-12-9-16(2)13-19(20)25/h3-13,30H,14H2,1-2H3,(H,26,28)/t24-/m0/s1. The summed E-state index contributed by atoms with van der Waals surface area (Å²) < 4.78 is 0. The van der Waals surface area contributed by atoms with E-state index in [9.17, 15) is 14.7 Å². The van der Waals surface area contributed by atoms with Crippen LogP contribution in [0.25, 0.3) is 0 Å². The Morgan fingerprint density at radius 2 is 1.70 bits per heavy atom. The average molecular weight is 421 g/mol. The number of amides is 2. The molecule has 0 aromatic heterocycles. The van der Waals surface area contributed by atoms with Crippen molar-refractivity contribution in [3.8, 4) is 0 Å². The summed E-state index contributed by atoms with van der Waals surface area (Å²) in [7, 11) is 0. The number of carbonyl (C=O) groups excluding carboxylic acids is 2. The molecule has 152 valence electrons. The summed E-state index contributed by atoms with van der Waals surface area (Å²) in [5.74, 6) is -0.963. The Hall–Kier alpha value is -3.15. The maximum Gasteiger partial charge on any atom is 0.268 e. The van der Waals surface area contributed by atoms with Crippen LogP contribution in [0.2, 0.25) is 5.02 Å². The lowest BCUT2D eigenvalue weighted by molar-refractivity contribution is -0.133. The van der Waals surface area contributed by atoms with E-state index in [4.69, 9.17) is 11.6 Å². The predicted octanol–water partition coefficient (Wildman–Crippen LogP) is 4.18. The summed E-state index contributed by atoms with van der Waals surface area (Å²) in [4.78, 5) is 27.4. The average Bonchev–Trinajstić information content (AvgIpc) is 2.93. The first-order valence-corrected chi connectivity index (χ1v) is 9.95. The molecule has 2 amide bonds. The number of nitrogens with one attached hydrogen (secondary N) is 1. The molecule has 1 atom stereocenters. The molecule has 0 fully saturated rings. The number of aryl methyl sites for hydroxylation is 2. The highest BCUT2D eigenvalue weighted by Gasteiger charge is 2.51. The molecule has 3 aromatic carbocycles. The van der Waals surface area contributed by atoms with Crippen molar-refractivity contribution in [2.75, 3.05) is 16.8 Å². The summed E-state index contributed by atoms with van der Waals surface area (Å²) in [6.45, 7) is 3.60. The Morgan fingerprint density at radius 3 is 2.40 bits per heavy atom. The van der Waals surface area contributed by atoms with Crippen LogP contribution in [0.5, 0.6) is 0 Å². The van der Waals surface area contributed by atoms with Crippen molar-refractivity contribution in [2.45, 2.75) is 19.4 Å². The third-order valence-corrected chi connectivity index (χ3v) is 5.62. The van der Waals surface area contributed by atoms with E-state index in [1.807, 2.05) is 32.0 Å². The van der Waals surface area contributed by atoms with Gasteiger partial charge >= 0.3 is 0 Å². The zero-order chi connectivity index (χ0) is 21.5. The first-order valence-electron chi connectivity index (χ1n) is 9.57. The maximum atomic E-state index is 13.3. The topological polar surface area (TPSA) is 69.6 Å². The largest absolute Gasteiger partial charge is 0.372 e. The number of benzene rings is 3. The number of para-hydroxylation sites is 1. The van der Waals surface area contributed by atoms with E-state index < -0.39 is 17.4 Å². The maximum absolute atomic E-state index is 13.3. The number of rotatable bonds is 4. The molecule has 0 saturated carbocycles. The number of hydrogen-bond acceptors (Lipinski definition) is 3. The van der Waals surface area contributed by atoms with Crippen LogP contribution in [0.15, 0.2) is 66.7 Å². The van der Waals surface area contributed by atoms with Gasteiger partial charge in [-0.15, -0.1) is 0 Å². The summed E-state index contributed by atoms with van der Waals surface area (Å²) in [5, 5.41) is 14.6. The molecule has 0 saturated heterocycles. The lowest BCUT2D eigenvalue weighted by Crippen LogP contribution is -2.44. The highest BCUT2D eigenvalue weighted by Crippen LogP contribution is 2.44. The van der Waals surface area contributed by atoms with Crippen LogP contribution in [-0.4, -0.2) is 23.5 Å². The lowest BCUT2D eigenvalue weighted by Gasteiger charge is -2.23. The predicted molar refractivity (Wildman–Crippen MR) is 118 cm³/mol. The number of nitrogens with zero attached hydrogens (tertiary/aromatic N) is 1. The molecular formula is C24H21ClN2O3. The molecule has 6 heteroatoms. The molecule has 2 N–H and O–H groups in total. The van der Waals surface area contributed by atoms with Crippen molar-refractivity contribution in [1.82, 2.24) is 0 Å². The summed E-state index contributed by atoms with van der Waals surface area (Å²) in [6, 6.07) is 19.5. The first-order chi connectivity index (χ1) is 14.3. The van der Waals surface area contributed by atoms with Crippen LogP contribution in [0, 0.1) is 13.8 Å². The van der Waals surface area contributed by atoms with E-state index in [1.165, 1.54) is 4.90 Å². The smallest absolute Gasteiger partial charge is 0.268 e. The fraction of sp³-hybridized carbons (Fsp3) is 0.167. The zero-order valence-electron chi connectivity index (χ0n) is 16.6. The minimum absolute atomic E-state index is 0.242. The van der Waals surface area contributed by atoms with Crippen LogP contribution in [0.3, 0.4) is 0 Å². The number of hydrogen-bond donors (Lipinski definition) is 2. The molecular weight excluding hydrogens is 400 g/mol. The van der Waals surface area contributed by atoms with E-state index in [-0.39, 0.29) is 6.54 Å². The van der Waals surface area contributed by atoms with Crippen LogP contribution in [0.4, 0.5) is 11.4 Å². The van der Waals surface area contributed by atoms with Gasteiger partial charge in [-0.3, -0.25) is 14.5 Å². The Labute approximate surface area is 179 Å². The molecule has 1 aliphatic rings. The Morgan fingerprint density at radius 1 is 1.03 bits per heavy atom. The van der Waals surface area contributed by atoms with Crippen molar-refractivity contribution in [2.24, 2.45) is 0 Å². The van der Waals surface area contributed by atoms with Crippen molar-refractivity contribution < 1.29 is 14.7 Å². The van der Waals surface area contributed by atoms with Crippen LogP contribution < -0.4 is 10.2 Å². The van der Waals surface area contributed by atoms with Crippen molar-refractivity contribution in [3.63, 3.8) is 0 Å². The molecule has 1 aliphatic heterocycles. The lowest BCUT2D eigenvalue weighted by atomic mass is 9.87. The number of carbonyl (C=O) groups is 2. The van der Waals surface area contributed by atoms with Gasteiger partial charge in [-0.05, 0) is 43.2 Å². The Balaban J connectivity index is 1.65. The van der Waals surface area contributed by atoms with Crippen molar-refractivity contribution in [1.29, 1.82) is 0 Å². The molecule has 1 heterocycles. The SMILES string of the molecule is Cc1ccc([C@@]2(O)C(=O)N(CC(=O)Nc3ccc(C)cc3Cl)c3ccccc32)cc1. The second-order valence-electron chi connectivity index (χ2n) is 7.52. The normalized spacial score (nSPS) is 17.7. The van der Waals surface area contributed by atoms with E-state index in [2.05, 4.69) is 5.32 Å². The van der Waals surface area contributed by atoms with Crippen LogP contribution in [-0.2, 0) is 15.2 Å². The molecule has 0 radical (unpaired) electrons. The van der Waals surface area contributed by atoms with Gasteiger partial charge in [0, 0.05) is 5.56 Å². The van der Waals surface area contributed by atoms with Gasteiger partial charge in [0.15, 0.2) is 5.60 Å². The number of aliphatic hydroxyl groups is 1. The van der Waals surface area contributed by atoms with Gasteiger partial charge in [0.2, 0.25) is 5.91 Å². The molecule has 0 unspecified atom stereocenters. The fourth-order valence-corrected chi connectivity index (χ4v) is 4.00. The molecule has 0 aliphatic carbocycles. The van der Waals surface area contributed by atoms with Crippen molar-refractivity contribution in [3.05, 3.63) is 94.0 Å². The first kappa shape index (κ1) is 20.1. The minimum Gasteiger partial charge on any atom is -0.372 e. The third kappa shape index (κ3) is 3.36. The minimum atomic E-state index is -1.84.